The standard InChI is InChI=1S/C18H18O5/c1-18(2,17(20)21)23-15-6-4-5-13(11-15)16(19)12-7-9-14(22-3)10-8-12/h4-11H,1-3H3,(H,20,21). The van der Waals surface area contributed by atoms with Crippen LogP contribution in [-0.2, 0) is 4.79 Å². The topological polar surface area (TPSA) is 72.8 Å². The summed E-state index contributed by atoms with van der Waals surface area (Å²) in [6.07, 6.45) is 0. The van der Waals surface area contributed by atoms with Crippen LogP contribution < -0.4 is 9.47 Å². The van der Waals surface area contributed by atoms with Gasteiger partial charge in [0, 0.05) is 11.1 Å². The molecule has 0 radical (unpaired) electrons. The Hall–Kier alpha value is -2.82. The number of carbonyl (C=O) groups is 2. The number of hydrogen-bond acceptors (Lipinski definition) is 4. The van der Waals surface area contributed by atoms with Gasteiger partial charge in [0.2, 0.25) is 0 Å². The van der Waals surface area contributed by atoms with Gasteiger partial charge in [0.25, 0.3) is 0 Å². The Morgan fingerprint density at radius 2 is 1.61 bits per heavy atom. The minimum Gasteiger partial charge on any atom is -0.497 e. The molecule has 120 valence electrons. The largest absolute Gasteiger partial charge is 0.497 e. The highest BCUT2D eigenvalue weighted by Gasteiger charge is 2.29. The smallest absolute Gasteiger partial charge is 0.347 e. The van der Waals surface area contributed by atoms with Crippen LogP contribution in [-0.4, -0.2) is 29.6 Å². The first kappa shape index (κ1) is 16.5. The summed E-state index contributed by atoms with van der Waals surface area (Å²) in [4.78, 5) is 23.6. The molecule has 5 nitrogen and oxygen atoms in total. The molecule has 2 aromatic rings. The van der Waals surface area contributed by atoms with Crippen LogP contribution in [0.3, 0.4) is 0 Å². The number of hydrogen-bond donors (Lipinski definition) is 1. The number of methoxy groups -OCH3 is 1. The number of carboxylic acids is 1. The lowest BCUT2D eigenvalue weighted by Gasteiger charge is -2.21. The van der Waals surface area contributed by atoms with Crippen molar-refractivity contribution in [3.05, 3.63) is 59.7 Å². The molecule has 0 aliphatic rings. The molecule has 0 heterocycles. The molecule has 0 atom stereocenters. The summed E-state index contributed by atoms with van der Waals surface area (Å²) < 4.78 is 10.5. The van der Waals surface area contributed by atoms with Crippen LogP contribution in [0, 0.1) is 0 Å². The number of benzene rings is 2. The van der Waals surface area contributed by atoms with Gasteiger partial charge in [-0.2, -0.15) is 0 Å². The summed E-state index contributed by atoms with van der Waals surface area (Å²) in [5.41, 5.74) is -0.434. The molecule has 1 N–H and O–H groups in total. The van der Waals surface area contributed by atoms with E-state index in [4.69, 9.17) is 14.6 Å². The average Bonchev–Trinajstić information content (AvgIpc) is 2.54. The zero-order valence-corrected chi connectivity index (χ0v) is 13.2. The van der Waals surface area contributed by atoms with Gasteiger partial charge < -0.3 is 14.6 Å². The van der Waals surface area contributed by atoms with E-state index < -0.39 is 11.6 Å². The first-order chi connectivity index (χ1) is 10.8. The van der Waals surface area contributed by atoms with Crippen LogP contribution in [0.4, 0.5) is 0 Å². The third kappa shape index (κ3) is 3.88. The zero-order chi connectivity index (χ0) is 17.0. The van der Waals surface area contributed by atoms with E-state index in [1.165, 1.54) is 19.9 Å². The summed E-state index contributed by atoms with van der Waals surface area (Å²) in [6.45, 7) is 2.90. The normalized spacial score (nSPS) is 10.9. The number of ether oxygens (including phenoxy) is 2. The lowest BCUT2D eigenvalue weighted by Crippen LogP contribution is -2.37. The van der Waals surface area contributed by atoms with Gasteiger partial charge in [-0.25, -0.2) is 4.79 Å². The number of rotatable bonds is 6. The third-order valence-corrected chi connectivity index (χ3v) is 3.34. The van der Waals surface area contributed by atoms with Gasteiger partial charge in [0.05, 0.1) is 7.11 Å². The van der Waals surface area contributed by atoms with E-state index in [0.717, 1.165) is 0 Å². The second-order valence-electron chi connectivity index (χ2n) is 5.50. The highest BCUT2D eigenvalue weighted by Crippen LogP contribution is 2.22. The van der Waals surface area contributed by atoms with Crippen molar-refractivity contribution in [2.75, 3.05) is 7.11 Å². The highest BCUT2D eigenvalue weighted by molar-refractivity contribution is 6.09. The molecular formula is C18H18O5. The Bertz CT molecular complexity index is 716. The Morgan fingerprint density at radius 3 is 2.17 bits per heavy atom. The fourth-order valence-corrected chi connectivity index (χ4v) is 1.95. The maximum absolute atomic E-state index is 12.5. The number of aliphatic carboxylic acids is 1. The van der Waals surface area contributed by atoms with Crippen molar-refractivity contribution in [2.24, 2.45) is 0 Å². The molecule has 2 aromatic carbocycles. The van der Waals surface area contributed by atoms with Crippen LogP contribution in [0.2, 0.25) is 0 Å². The summed E-state index contributed by atoms with van der Waals surface area (Å²) in [7, 11) is 1.56. The molecule has 0 bridgehead atoms. The van der Waals surface area contributed by atoms with E-state index in [-0.39, 0.29) is 5.78 Å². The Balaban J connectivity index is 2.24. The van der Waals surface area contributed by atoms with E-state index in [2.05, 4.69) is 0 Å². The van der Waals surface area contributed by atoms with E-state index in [9.17, 15) is 9.59 Å². The molecule has 5 heteroatoms. The molecule has 0 fully saturated rings. The fourth-order valence-electron chi connectivity index (χ4n) is 1.95. The number of carbonyl (C=O) groups excluding carboxylic acids is 1. The number of ketones is 1. The highest BCUT2D eigenvalue weighted by atomic mass is 16.5. The Kier molecular flexibility index (Phi) is 4.69. The van der Waals surface area contributed by atoms with Crippen molar-refractivity contribution < 1.29 is 24.2 Å². The minimum absolute atomic E-state index is 0.175. The van der Waals surface area contributed by atoms with Gasteiger partial charge in [-0.15, -0.1) is 0 Å². The maximum atomic E-state index is 12.5. The van der Waals surface area contributed by atoms with Crippen molar-refractivity contribution in [3.63, 3.8) is 0 Å². The summed E-state index contributed by atoms with van der Waals surface area (Å²) in [5.74, 6) is -0.255. The molecule has 0 unspecified atom stereocenters. The zero-order valence-electron chi connectivity index (χ0n) is 13.2. The van der Waals surface area contributed by atoms with Gasteiger partial charge in [-0.3, -0.25) is 4.79 Å². The summed E-state index contributed by atoms with van der Waals surface area (Å²) in [5, 5.41) is 9.10. The second kappa shape index (κ2) is 6.52. The van der Waals surface area contributed by atoms with Crippen molar-refractivity contribution >= 4 is 11.8 Å². The summed E-state index contributed by atoms with van der Waals surface area (Å²) in [6, 6.07) is 13.2. The predicted octanol–water partition coefficient (Wildman–Crippen LogP) is 3.17. The molecular weight excluding hydrogens is 296 g/mol. The Morgan fingerprint density at radius 1 is 0.957 bits per heavy atom. The van der Waals surface area contributed by atoms with Crippen LogP contribution in [0.1, 0.15) is 29.8 Å². The van der Waals surface area contributed by atoms with E-state index in [1.807, 2.05) is 0 Å². The molecule has 0 saturated heterocycles. The molecule has 23 heavy (non-hydrogen) atoms. The van der Waals surface area contributed by atoms with Crippen LogP contribution in [0.25, 0.3) is 0 Å². The molecule has 0 aliphatic carbocycles. The monoisotopic (exact) mass is 314 g/mol. The minimum atomic E-state index is -1.37. The third-order valence-electron chi connectivity index (χ3n) is 3.34. The van der Waals surface area contributed by atoms with Gasteiger partial charge in [0.15, 0.2) is 11.4 Å². The van der Waals surface area contributed by atoms with Gasteiger partial charge >= 0.3 is 5.97 Å². The molecule has 2 rings (SSSR count). The van der Waals surface area contributed by atoms with Gasteiger partial charge in [-0.1, -0.05) is 12.1 Å². The second-order valence-corrected chi connectivity index (χ2v) is 5.50. The lowest BCUT2D eigenvalue weighted by atomic mass is 10.0. The first-order valence-corrected chi connectivity index (χ1v) is 7.05. The summed E-state index contributed by atoms with van der Waals surface area (Å²) >= 11 is 0. The van der Waals surface area contributed by atoms with Crippen molar-refractivity contribution in [2.45, 2.75) is 19.4 Å². The van der Waals surface area contributed by atoms with Crippen molar-refractivity contribution in [1.82, 2.24) is 0 Å². The maximum Gasteiger partial charge on any atom is 0.347 e. The SMILES string of the molecule is COc1ccc(C(=O)c2cccc(OC(C)(C)C(=O)O)c2)cc1. The van der Waals surface area contributed by atoms with Crippen LogP contribution in [0.5, 0.6) is 11.5 Å². The molecule has 0 amide bonds. The van der Waals surface area contributed by atoms with Crippen molar-refractivity contribution in [3.8, 4) is 11.5 Å². The molecule has 0 saturated carbocycles. The Labute approximate surface area is 134 Å². The van der Waals surface area contributed by atoms with Gasteiger partial charge in [-0.05, 0) is 50.2 Å². The van der Waals surface area contributed by atoms with Crippen molar-refractivity contribution in [1.29, 1.82) is 0 Å². The molecule has 0 aromatic heterocycles. The van der Waals surface area contributed by atoms with E-state index in [0.29, 0.717) is 22.6 Å². The quantitative estimate of drug-likeness (QED) is 0.829. The van der Waals surface area contributed by atoms with E-state index in [1.54, 1.807) is 49.6 Å². The van der Waals surface area contributed by atoms with E-state index >= 15 is 0 Å². The fraction of sp³-hybridized carbons (Fsp3) is 0.222. The average molecular weight is 314 g/mol. The molecule has 0 aliphatic heterocycles. The van der Waals surface area contributed by atoms with Crippen LogP contribution >= 0.6 is 0 Å². The molecule has 0 spiro atoms. The van der Waals surface area contributed by atoms with Gasteiger partial charge in [0.1, 0.15) is 11.5 Å². The predicted molar refractivity (Wildman–Crippen MR) is 85.2 cm³/mol. The van der Waals surface area contributed by atoms with Crippen LogP contribution in [0.15, 0.2) is 48.5 Å². The number of carboxylic acid groups (broad SMARTS) is 1. The lowest BCUT2D eigenvalue weighted by molar-refractivity contribution is -0.152. The first-order valence-electron chi connectivity index (χ1n) is 7.05.